The molecule has 1 saturated heterocycles. The van der Waals surface area contributed by atoms with Crippen molar-refractivity contribution >= 4 is 23.3 Å². The average molecular weight is 370 g/mol. The Hall–Kier alpha value is -2.90. The van der Waals surface area contributed by atoms with Crippen LogP contribution in [0.5, 0.6) is 0 Å². The Kier molecular flexibility index (Phi) is 5.43. The van der Waals surface area contributed by atoms with Gasteiger partial charge in [-0.2, -0.15) is 9.97 Å². The van der Waals surface area contributed by atoms with E-state index in [4.69, 9.17) is 5.73 Å². The van der Waals surface area contributed by atoms with Gasteiger partial charge in [0.2, 0.25) is 17.6 Å². The summed E-state index contributed by atoms with van der Waals surface area (Å²) in [5, 5.41) is 14.7. The molecule has 144 valence electrons. The van der Waals surface area contributed by atoms with E-state index in [1.807, 2.05) is 36.1 Å². The zero-order valence-corrected chi connectivity index (χ0v) is 16.0. The quantitative estimate of drug-likeness (QED) is 0.613. The van der Waals surface area contributed by atoms with Crippen molar-refractivity contribution in [1.82, 2.24) is 9.97 Å². The second-order valence-electron chi connectivity index (χ2n) is 7.55. The lowest BCUT2D eigenvalue weighted by Gasteiger charge is -2.35. The van der Waals surface area contributed by atoms with E-state index in [1.54, 1.807) is 0 Å². The summed E-state index contributed by atoms with van der Waals surface area (Å²) >= 11 is 0. The van der Waals surface area contributed by atoms with Gasteiger partial charge in [-0.3, -0.25) is 10.1 Å². The highest BCUT2D eigenvalue weighted by Crippen LogP contribution is 2.35. The van der Waals surface area contributed by atoms with Gasteiger partial charge in [-0.25, -0.2) is 0 Å². The van der Waals surface area contributed by atoms with Gasteiger partial charge in [0, 0.05) is 19.6 Å². The molecule has 0 radical (unpaired) electrons. The summed E-state index contributed by atoms with van der Waals surface area (Å²) in [6, 6.07) is 8.10. The topological polar surface area (TPSA) is 110 Å². The monoisotopic (exact) mass is 370 g/mol. The first kappa shape index (κ1) is 18.9. The fourth-order valence-corrected chi connectivity index (χ4v) is 3.66. The maximum absolute atomic E-state index is 11.6. The van der Waals surface area contributed by atoms with Crippen molar-refractivity contribution in [2.45, 2.75) is 33.7 Å². The van der Waals surface area contributed by atoms with Crippen LogP contribution in [0.1, 0.15) is 31.4 Å². The first-order valence-electron chi connectivity index (χ1n) is 9.19. The van der Waals surface area contributed by atoms with E-state index in [2.05, 4.69) is 29.1 Å². The average Bonchev–Trinajstić information content (AvgIpc) is 2.59. The number of nitrogens with one attached hydrogen (secondary N) is 1. The maximum Gasteiger partial charge on any atom is 0.353 e. The van der Waals surface area contributed by atoms with Gasteiger partial charge in [0.05, 0.1) is 4.92 Å². The number of hydrogen-bond donors (Lipinski definition) is 2. The summed E-state index contributed by atoms with van der Waals surface area (Å²) in [7, 11) is 0. The van der Waals surface area contributed by atoms with Gasteiger partial charge in [-0.05, 0) is 30.7 Å². The summed E-state index contributed by atoms with van der Waals surface area (Å²) in [6.07, 6.45) is 1.10. The van der Waals surface area contributed by atoms with Crippen molar-refractivity contribution in [3.05, 3.63) is 45.5 Å². The first-order valence-corrected chi connectivity index (χ1v) is 9.19. The smallest absolute Gasteiger partial charge is 0.353 e. The molecule has 0 saturated carbocycles. The van der Waals surface area contributed by atoms with E-state index < -0.39 is 4.92 Å². The number of nitrogen functional groups attached to an aromatic ring is 1. The van der Waals surface area contributed by atoms with E-state index in [9.17, 15) is 10.1 Å². The molecule has 0 spiro atoms. The minimum absolute atomic E-state index is 0.109. The minimum Gasteiger partial charge on any atom is -0.378 e. The van der Waals surface area contributed by atoms with Gasteiger partial charge in [0.1, 0.15) is 0 Å². The molecule has 1 aliphatic rings. The molecule has 2 atom stereocenters. The standard InChI is InChI=1S/C19H26N6O2/c1-12-4-6-15(7-5-12)9-21-19-22-17(20)16(25(26)27)18(23-19)24-10-13(2)8-14(3)11-24/h4-7,13-14H,8-11H2,1-3H3,(H3,20,21,22,23). The molecule has 8 heteroatoms. The fourth-order valence-electron chi connectivity index (χ4n) is 3.66. The molecule has 8 nitrogen and oxygen atoms in total. The van der Waals surface area contributed by atoms with Crippen LogP contribution in [0.25, 0.3) is 0 Å². The highest BCUT2D eigenvalue weighted by Gasteiger charge is 2.31. The normalized spacial score (nSPS) is 19.7. The molecule has 1 aromatic carbocycles. The highest BCUT2D eigenvalue weighted by atomic mass is 16.6. The number of hydrogen-bond acceptors (Lipinski definition) is 7. The Morgan fingerprint density at radius 2 is 1.85 bits per heavy atom. The number of nitro groups is 1. The molecule has 3 N–H and O–H groups in total. The number of rotatable bonds is 5. The molecule has 1 fully saturated rings. The van der Waals surface area contributed by atoms with Gasteiger partial charge in [0.25, 0.3) is 0 Å². The van der Waals surface area contributed by atoms with Gasteiger partial charge in [-0.1, -0.05) is 43.7 Å². The van der Waals surface area contributed by atoms with Crippen molar-refractivity contribution < 1.29 is 4.92 Å². The van der Waals surface area contributed by atoms with Crippen LogP contribution in [0, 0.1) is 28.9 Å². The summed E-state index contributed by atoms with van der Waals surface area (Å²) in [5.74, 6) is 1.38. The molecular formula is C19H26N6O2. The number of aryl methyl sites for hydroxylation is 1. The maximum atomic E-state index is 11.6. The molecule has 27 heavy (non-hydrogen) atoms. The van der Waals surface area contributed by atoms with Crippen molar-refractivity contribution in [2.24, 2.45) is 11.8 Å². The van der Waals surface area contributed by atoms with Crippen LogP contribution >= 0.6 is 0 Å². The predicted octanol–water partition coefficient (Wildman–Crippen LogP) is 3.37. The van der Waals surface area contributed by atoms with Crippen molar-refractivity contribution in [3.8, 4) is 0 Å². The summed E-state index contributed by atoms with van der Waals surface area (Å²) < 4.78 is 0. The molecule has 1 aliphatic heterocycles. The number of nitrogens with two attached hydrogens (primary N) is 1. The molecule has 2 unspecified atom stereocenters. The zero-order chi connectivity index (χ0) is 19.6. The van der Waals surface area contributed by atoms with Crippen molar-refractivity contribution in [1.29, 1.82) is 0 Å². The lowest BCUT2D eigenvalue weighted by Crippen LogP contribution is -2.39. The van der Waals surface area contributed by atoms with Gasteiger partial charge in [0.15, 0.2) is 0 Å². The van der Waals surface area contributed by atoms with Crippen molar-refractivity contribution in [3.63, 3.8) is 0 Å². The van der Waals surface area contributed by atoms with E-state index in [0.717, 1.165) is 25.1 Å². The number of benzene rings is 1. The van der Waals surface area contributed by atoms with E-state index in [-0.39, 0.29) is 11.5 Å². The van der Waals surface area contributed by atoms with E-state index >= 15 is 0 Å². The van der Waals surface area contributed by atoms with Crippen LogP contribution in [0.4, 0.5) is 23.3 Å². The Labute approximate surface area is 159 Å². The molecule has 0 bridgehead atoms. The number of piperidine rings is 1. The molecular weight excluding hydrogens is 344 g/mol. The van der Waals surface area contributed by atoms with E-state index in [0.29, 0.717) is 30.1 Å². The third-order valence-corrected chi connectivity index (χ3v) is 4.81. The molecule has 0 aliphatic carbocycles. The fraction of sp³-hybridized carbons (Fsp3) is 0.474. The third kappa shape index (κ3) is 4.45. The SMILES string of the molecule is Cc1ccc(CNc2nc(N)c([N+](=O)[O-])c(N3CC(C)CC(C)C3)n2)cc1. The third-order valence-electron chi connectivity index (χ3n) is 4.81. The lowest BCUT2D eigenvalue weighted by molar-refractivity contribution is -0.383. The van der Waals surface area contributed by atoms with Crippen LogP contribution in [-0.4, -0.2) is 28.0 Å². The van der Waals surface area contributed by atoms with Gasteiger partial charge < -0.3 is 16.0 Å². The second kappa shape index (κ2) is 7.77. The molecule has 1 aromatic heterocycles. The van der Waals surface area contributed by atoms with Crippen LogP contribution in [-0.2, 0) is 6.54 Å². The van der Waals surface area contributed by atoms with Crippen molar-refractivity contribution in [2.75, 3.05) is 29.0 Å². The summed E-state index contributed by atoms with van der Waals surface area (Å²) in [5.41, 5.74) is 7.98. The van der Waals surface area contributed by atoms with Crippen LogP contribution in [0.3, 0.4) is 0 Å². The largest absolute Gasteiger partial charge is 0.378 e. The molecule has 3 rings (SSSR count). The molecule has 2 aromatic rings. The second-order valence-corrected chi connectivity index (χ2v) is 7.55. The lowest BCUT2D eigenvalue weighted by atomic mass is 9.92. The molecule has 0 amide bonds. The summed E-state index contributed by atoms with van der Waals surface area (Å²) in [6.45, 7) is 8.29. The van der Waals surface area contributed by atoms with Gasteiger partial charge in [-0.15, -0.1) is 0 Å². The van der Waals surface area contributed by atoms with E-state index in [1.165, 1.54) is 5.56 Å². The number of nitrogens with zero attached hydrogens (tertiary/aromatic N) is 4. The predicted molar refractivity (Wildman–Crippen MR) is 107 cm³/mol. The number of anilines is 3. The van der Waals surface area contributed by atoms with Crippen LogP contribution in [0.15, 0.2) is 24.3 Å². The Morgan fingerprint density at radius 3 is 2.44 bits per heavy atom. The summed E-state index contributed by atoms with van der Waals surface area (Å²) in [4.78, 5) is 21.6. The Balaban J connectivity index is 1.88. The zero-order valence-electron chi connectivity index (χ0n) is 16.0. The highest BCUT2D eigenvalue weighted by molar-refractivity contribution is 5.71. The minimum atomic E-state index is -0.488. The molecule has 2 heterocycles. The Bertz CT molecular complexity index is 814. The van der Waals surface area contributed by atoms with Crippen LogP contribution in [0.2, 0.25) is 0 Å². The van der Waals surface area contributed by atoms with Crippen LogP contribution < -0.4 is 16.0 Å². The first-order chi connectivity index (χ1) is 12.8. The Morgan fingerprint density at radius 1 is 1.22 bits per heavy atom. The number of aromatic nitrogens is 2. The van der Waals surface area contributed by atoms with Gasteiger partial charge >= 0.3 is 5.69 Å².